The number of aromatic nitrogens is 1. The van der Waals surface area contributed by atoms with Gasteiger partial charge in [-0.1, -0.05) is 0 Å². The van der Waals surface area contributed by atoms with E-state index in [0.29, 0.717) is 0 Å². The molecule has 1 aromatic rings. The van der Waals surface area contributed by atoms with Crippen LogP contribution in [0.3, 0.4) is 0 Å². The number of rotatable bonds is 3. The first-order valence-corrected chi connectivity index (χ1v) is 4.69. The second-order valence-corrected chi connectivity index (χ2v) is 2.96. The van der Waals surface area contributed by atoms with Crippen molar-refractivity contribution in [3.05, 3.63) is 23.5 Å². The summed E-state index contributed by atoms with van der Waals surface area (Å²) in [6.07, 6.45) is -3.73. The van der Waals surface area contributed by atoms with E-state index in [1.807, 2.05) is 0 Å². The van der Waals surface area contributed by atoms with Gasteiger partial charge in [0.15, 0.2) is 11.4 Å². The standard InChI is InChI=1S/C10H10F3NO3/c1-3-17-9(15)7-8(16-2)6(4-5-14-7)10(11,12)13/h4-5H,3H2,1-2H3. The fourth-order valence-corrected chi connectivity index (χ4v) is 1.22. The quantitative estimate of drug-likeness (QED) is 0.771. The monoisotopic (exact) mass is 249 g/mol. The van der Waals surface area contributed by atoms with E-state index in [1.54, 1.807) is 0 Å². The maximum Gasteiger partial charge on any atom is 0.420 e. The predicted octanol–water partition coefficient (Wildman–Crippen LogP) is 2.29. The minimum Gasteiger partial charge on any atom is -0.494 e. The minimum absolute atomic E-state index is 0.0416. The maximum atomic E-state index is 12.6. The molecule has 0 fully saturated rings. The van der Waals surface area contributed by atoms with Crippen molar-refractivity contribution < 1.29 is 27.4 Å². The van der Waals surface area contributed by atoms with Gasteiger partial charge in [-0.25, -0.2) is 9.78 Å². The number of nitrogens with zero attached hydrogens (tertiary/aromatic N) is 1. The summed E-state index contributed by atoms with van der Waals surface area (Å²) in [5, 5.41) is 0. The molecular weight excluding hydrogens is 239 g/mol. The SMILES string of the molecule is CCOC(=O)c1nccc(C(F)(F)F)c1OC. The zero-order valence-corrected chi connectivity index (χ0v) is 9.17. The third kappa shape index (κ3) is 2.86. The molecule has 0 radical (unpaired) electrons. The fraction of sp³-hybridized carbons (Fsp3) is 0.400. The molecule has 0 saturated carbocycles. The number of carbonyl (C=O) groups excluding carboxylic acids is 1. The van der Waals surface area contributed by atoms with E-state index in [0.717, 1.165) is 19.4 Å². The van der Waals surface area contributed by atoms with Gasteiger partial charge in [0.05, 0.1) is 13.7 Å². The molecule has 94 valence electrons. The lowest BCUT2D eigenvalue weighted by Crippen LogP contribution is -2.14. The molecule has 1 rings (SSSR count). The van der Waals surface area contributed by atoms with Gasteiger partial charge in [-0.3, -0.25) is 0 Å². The van der Waals surface area contributed by atoms with Gasteiger partial charge in [-0.15, -0.1) is 0 Å². The van der Waals surface area contributed by atoms with Crippen molar-refractivity contribution >= 4 is 5.97 Å². The van der Waals surface area contributed by atoms with E-state index in [2.05, 4.69) is 14.5 Å². The van der Waals surface area contributed by atoms with Gasteiger partial charge in [0.25, 0.3) is 0 Å². The fourth-order valence-electron chi connectivity index (χ4n) is 1.22. The van der Waals surface area contributed by atoms with Gasteiger partial charge in [0.2, 0.25) is 0 Å². The topological polar surface area (TPSA) is 48.4 Å². The molecule has 4 nitrogen and oxygen atoms in total. The van der Waals surface area contributed by atoms with Crippen LogP contribution in [0.1, 0.15) is 23.0 Å². The average molecular weight is 249 g/mol. The lowest BCUT2D eigenvalue weighted by molar-refractivity contribution is -0.138. The zero-order chi connectivity index (χ0) is 13.1. The molecule has 1 aromatic heterocycles. The van der Waals surface area contributed by atoms with E-state index < -0.39 is 29.2 Å². The summed E-state index contributed by atoms with van der Waals surface area (Å²) in [5.74, 6) is -1.58. The van der Waals surface area contributed by atoms with Crippen LogP contribution in [0.4, 0.5) is 13.2 Å². The number of halogens is 3. The number of alkyl halides is 3. The van der Waals surface area contributed by atoms with Crippen molar-refractivity contribution in [1.82, 2.24) is 4.98 Å². The molecule has 0 aromatic carbocycles. The Kier molecular flexibility index (Phi) is 3.93. The minimum atomic E-state index is -4.62. The summed E-state index contributed by atoms with van der Waals surface area (Å²) in [5.41, 5.74) is -1.54. The highest BCUT2D eigenvalue weighted by atomic mass is 19.4. The van der Waals surface area contributed by atoms with Crippen molar-refractivity contribution in [3.63, 3.8) is 0 Å². The number of methoxy groups -OCH3 is 1. The van der Waals surface area contributed by atoms with Crippen molar-refractivity contribution in [2.75, 3.05) is 13.7 Å². The molecule has 0 aliphatic rings. The molecular formula is C10H10F3NO3. The Bertz CT molecular complexity index is 418. The van der Waals surface area contributed by atoms with Crippen LogP contribution >= 0.6 is 0 Å². The predicted molar refractivity (Wildman–Crippen MR) is 51.7 cm³/mol. The van der Waals surface area contributed by atoms with Gasteiger partial charge in [0.1, 0.15) is 5.56 Å². The Morgan fingerprint density at radius 2 is 2.12 bits per heavy atom. The van der Waals surface area contributed by atoms with Gasteiger partial charge in [-0.05, 0) is 13.0 Å². The molecule has 0 saturated heterocycles. The Balaban J connectivity index is 3.29. The number of hydrogen-bond donors (Lipinski definition) is 0. The van der Waals surface area contributed by atoms with Crippen LogP contribution in [0, 0.1) is 0 Å². The second-order valence-electron chi connectivity index (χ2n) is 2.96. The first kappa shape index (κ1) is 13.3. The van der Waals surface area contributed by atoms with E-state index >= 15 is 0 Å². The Morgan fingerprint density at radius 3 is 2.59 bits per heavy atom. The normalized spacial score (nSPS) is 11.1. The number of hydrogen-bond acceptors (Lipinski definition) is 4. The summed E-state index contributed by atoms with van der Waals surface area (Å²) in [4.78, 5) is 14.9. The van der Waals surface area contributed by atoms with Gasteiger partial charge in [-0.2, -0.15) is 13.2 Å². The Labute approximate surface area is 95.4 Å². The molecule has 0 unspecified atom stereocenters. The van der Waals surface area contributed by atoms with E-state index in [9.17, 15) is 18.0 Å². The molecule has 0 bridgehead atoms. The first-order valence-electron chi connectivity index (χ1n) is 4.69. The molecule has 7 heteroatoms. The summed E-state index contributed by atoms with van der Waals surface area (Å²) in [6, 6.07) is 0.738. The van der Waals surface area contributed by atoms with Gasteiger partial charge < -0.3 is 9.47 Å². The second kappa shape index (κ2) is 5.03. The Hall–Kier alpha value is -1.79. The third-order valence-electron chi connectivity index (χ3n) is 1.88. The van der Waals surface area contributed by atoms with Crippen LogP contribution in [0.5, 0.6) is 5.75 Å². The molecule has 0 aliphatic heterocycles. The molecule has 1 heterocycles. The number of esters is 1. The highest BCUT2D eigenvalue weighted by Crippen LogP contribution is 2.37. The van der Waals surface area contributed by atoms with Crippen LogP contribution in [0.25, 0.3) is 0 Å². The number of carbonyl (C=O) groups is 1. The number of pyridine rings is 1. The lowest BCUT2D eigenvalue weighted by atomic mass is 10.2. The zero-order valence-electron chi connectivity index (χ0n) is 9.17. The smallest absolute Gasteiger partial charge is 0.420 e. The summed E-state index contributed by atoms with van der Waals surface area (Å²) >= 11 is 0. The van der Waals surface area contributed by atoms with Crippen molar-refractivity contribution in [3.8, 4) is 5.75 Å². The van der Waals surface area contributed by atoms with Crippen LogP contribution in [-0.2, 0) is 10.9 Å². The van der Waals surface area contributed by atoms with Crippen LogP contribution in [-0.4, -0.2) is 24.7 Å². The third-order valence-corrected chi connectivity index (χ3v) is 1.88. The Morgan fingerprint density at radius 1 is 1.47 bits per heavy atom. The highest BCUT2D eigenvalue weighted by Gasteiger charge is 2.37. The number of ether oxygens (including phenoxy) is 2. The van der Waals surface area contributed by atoms with Crippen molar-refractivity contribution in [2.45, 2.75) is 13.1 Å². The first-order chi connectivity index (χ1) is 7.91. The summed E-state index contributed by atoms with van der Waals surface area (Å²) in [6.45, 7) is 1.58. The van der Waals surface area contributed by atoms with E-state index in [1.165, 1.54) is 6.92 Å². The molecule has 0 spiro atoms. The van der Waals surface area contributed by atoms with E-state index in [-0.39, 0.29) is 6.61 Å². The molecule has 17 heavy (non-hydrogen) atoms. The molecule has 0 amide bonds. The largest absolute Gasteiger partial charge is 0.494 e. The van der Waals surface area contributed by atoms with Crippen LogP contribution in [0.15, 0.2) is 12.3 Å². The van der Waals surface area contributed by atoms with Crippen molar-refractivity contribution in [2.24, 2.45) is 0 Å². The van der Waals surface area contributed by atoms with Crippen LogP contribution in [0.2, 0.25) is 0 Å². The average Bonchev–Trinajstić information content (AvgIpc) is 2.27. The molecule has 0 N–H and O–H groups in total. The summed E-state index contributed by atoms with van der Waals surface area (Å²) in [7, 11) is 1.04. The molecule has 0 aliphatic carbocycles. The van der Waals surface area contributed by atoms with Gasteiger partial charge in [0, 0.05) is 6.20 Å². The summed E-state index contributed by atoms with van der Waals surface area (Å²) < 4.78 is 47.0. The highest BCUT2D eigenvalue weighted by molar-refractivity contribution is 5.90. The van der Waals surface area contributed by atoms with Crippen LogP contribution < -0.4 is 4.74 Å². The van der Waals surface area contributed by atoms with Gasteiger partial charge >= 0.3 is 12.1 Å². The van der Waals surface area contributed by atoms with Crippen molar-refractivity contribution in [1.29, 1.82) is 0 Å². The van der Waals surface area contributed by atoms with E-state index in [4.69, 9.17) is 0 Å². The molecule has 0 atom stereocenters. The maximum absolute atomic E-state index is 12.6. The lowest BCUT2D eigenvalue weighted by Gasteiger charge is -2.13.